The molecular weight excluding hydrogens is 344 g/mol. The van der Waals surface area contributed by atoms with Crippen LogP contribution in [0.25, 0.3) is 0 Å². The molecule has 28 heavy (non-hydrogen) atoms. The number of aliphatic hydroxyl groups is 1. The number of carbonyl (C=O) groups is 1. The molecule has 4 rings (SSSR count). The van der Waals surface area contributed by atoms with Crippen molar-refractivity contribution in [2.75, 3.05) is 0 Å². The van der Waals surface area contributed by atoms with Gasteiger partial charge in [-0.15, -0.1) is 0 Å². The lowest BCUT2D eigenvalue weighted by Gasteiger charge is -2.59. The lowest BCUT2D eigenvalue weighted by atomic mass is 9.46. The summed E-state index contributed by atoms with van der Waals surface area (Å²) >= 11 is 0. The Morgan fingerprint density at radius 1 is 1.14 bits per heavy atom. The van der Waals surface area contributed by atoms with E-state index in [2.05, 4.69) is 26.8 Å². The number of rotatable bonds is 5. The van der Waals surface area contributed by atoms with E-state index in [0.29, 0.717) is 10.8 Å². The molecule has 1 N–H and O–H groups in total. The molecule has 2 nitrogen and oxygen atoms in total. The zero-order chi connectivity index (χ0) is 20.2. The molecule has 8 atom stereocenters. The molecule has 4 aliphatic carbocycles. The van der Waals surface area contributed by atoms with Crippen LogP contribution in [0.15, 0.2) is 11.6 Å². The van der Waals surface area contributed by atoms with Crippen LogP contribution in [0.5, 0.6) is 0 Å². The summed E-state index contributed by atoms with van der Waals surface area (Å²) in [5.41, 5.74) is 1.92. The minimum atomic E-state index is -0.489. The minimum Gasteiger partial charge on any atom is -0.390 e. The van der Waals surface area contributed by atoms with E-state index in [9.17, 15) is 9.90 Å². The first kappa shape index (κ1) is 20.6. The monoisotopic (exact) mass is 386 g/mol. The molecule has 0 radical (unpaired) electrons. The molecule has 0 unspecified atom stereocenters. The standard InChI is InChI=1S/C26H42O2/c1-18(7-5-6-16-27)21-10-11-22-20-9-8-19-17-24(2,28)14-15-25(19,3)23(20)12-13-26(21,22)4/h8,16,18,20-23,28H,5-7,9-15,17H2,1-4H3/t18-,20+,21-,22+,23+,24+,25+,26-/m1/s1. The molecule has 0 aromatic carbocycles. The van der Waals surface area contributed by atoms with Gasteiger partial charge in [0, 0.05) is 6.42 Å². The molecule has 158 valence electrons. The Morgan fingerprint density at radius 3 is 2.68 bits per heavy atom. The van der Waals surface area contributed by atoms with Gasteiger partial charge in [-0.2, -0.15) is 0 Å². The van der Waals surface area contributed by atoms with E-state index in [4.69, 9.17) is 0 Å². The average Bonchev–Trinajstić information content (AvgIpc) is 2.99. The number of carbonyl (C=O) groups excluding carboxylic acids is 1. The van der Waals surface area contributed by atoms with Crippen molar-refractivity contribution in [1.29, 1.82) is 0 Å². The van der Waals surface area contributed by atoms with Crippen molar-refractivity contribution < 1.29 is 9.90 Å². The van der Waals surface area contributed by atoms with Crippen LogP contribution in [0.1, 0.15) is 98.3 Å². The number of allylic oxidation sites excluding steroid dienone is 1. The summed E-state index contributed by atoms with van der Waals surface area (Å²) in [5.74, 6) is 4.15. The fourth-order valence-electron chi connectivity index (χ4n) is 8.50. The predicted molar refractivity (Wildman–Crippen MR) is 115 cm³/mol. The van der Waals surface area contributed by atoms with Crippen LogP contribution in [0, 0.1) is 40.4 Å². The summed E-state index contributed by atoms with van der Waals surface area (Å²) in [5, 5.41) is 10.6. The van der Waals surface area contributed by atoms with Crippen LogP contribution in [0.3, 0.4) is 0 Å². The van der Waals surface area contributed by atoms with Crippen LogP contribution >= 0.6 is 0 Å². The van der Waals surface area contributed by atoms with E-state index in [-0.39, 0.29) is 0 Å². The van der Waals surface area contributed by atoms with Crippen molar-refractivity contribution in [3.63, 3.8) is 0 Å². The molecule has 0 saturated heterocycles. The third-order valence-electron chi connectivity index (χ3n) is 10.1. The maximum atomic E-state index is 10.7. The van der Waals surface area contributed by atoms with Crippen LogP contribution in [-0.2, 0) is 4.79 Å². The van der Waals surface area contributed by atoms with E-state index >= 15 is 0 Å². The highest BCUT2D eigenvalue weighted by Gasteiger charge is 2.59. The second kappa shape index (κ2) is 7.25. The third-order valence-corrected chi connectivity index (χ3v) is 10.1. The lowest BCUT2D eigenvalue weighted by molar-refractivity contribution is -0.108. The largest absolute Gasteiger partial charge is 0.390 e. The first-order chi connectivity index (χ1) is 13.2. The number of aldehydes is 1. The molecule has 2 heteroatoms. The van der Waals surface area contributed by atoms with Gasteiger partial charge in [0.25, 0.3) is 0 Å². The molecule has 0 bridgehead atoms. The summed E-state index contributed by atoms with van der Waals surface area (Å²) in [7, 11) is 0. The van der Waals surface area contributed by atoms with E-state index in [1.165, 1.54) is 44.9 Å². The molecule has 0 aliphatic heterocycles. The van der Waals surface area contributed by atoms with E-state index in [0.717, 1.165) is 61.6 Å². The van der Waals surface area contributed by atoms with Gasteiger partial charge in [-0.1, -0.05) is 38.8 Å². The fourth-order valence-corrected chi connectivity index (χ4v) is 8.50. The normalized spacial score (nSPS) is 48.8. The first-order valence-electron chi connectivity index (χ1n) is 12.1. The van der Waals surface area contributed by atoms with Crippen LogP contribution in [-0.4, -0.2) is 17.0 Å². The zero-order valence-electron chi connectivity index (χ0n) is 18.7. The predicted octanol–water partition coefficient (Wildman–Crippen LogP) is 6.32. The Kier molecular flexibility index (Phi) is 5.35. The number of fused-ring (bicyclic) bond motifs is 5. The van der Waals surface area contributed by atoms with Gasteiger partial charge < -0.3 is 9.90 Å². The number of unbranched alkanes of at least 4 members (excludes halogenated alkanes) is 1. The number of hydrogen-bond donors (Lipinski definition) is 1. The van der Waals surface area contributed by atoms with Gasteiger partial charge in [0.15, 0.2) is 0 Å². The second-order valence-electron chi connectivity index (χ2n) is 11.7. The molecule has 0 amide bonds. The SMILES string of the molecule is C[C@H](CCCC=O)[C@H]1CC[C@H]2[C@@H]3CC=C4C[C@@](C)(O)CC[C@]4(C)[C@H]3CC[C@]12C. The van der Waals surface area contributed by atoms with Crippen molar-refractivity contribution in [3.05, 3.63) is 11.6 Å². The van der Waals surface area contributed by atoms with Crippen molar-refractivity contribution in [3.8, 4) is 0 Å². The third kappa shape index (κ3) is 3.22. The van der Waals surface area contributed by atoms with Gasteiger partial charge in [0.2, 0.25) is 0 Å². The van der Waals surface area contributed by atoms with Gasteiger partial charge in [0.05, 0.1) is 5.60 Å². The molecule has 4 aliphatic rings. The van der Waals surface area contributed by atoms with E-state index < -0.39 is 5.60 Å². The molecular formula is C26H42O2. The summed E-state index contributed by atoms with van der Waals surface area (Å²) in [6.45, 7) is 9.64. The Balaban J connectivity index is 1.53. The van der Waals surface area contributed by atoms with E-state index in [1.807, 2.05) is 6.92 Å². The van der Waals surface area contributed by atoms with Crippen molar-refractivity contribution in [1.82, 2.24) is 0 Å². The quantitative estimate of drug-likeness (QED) is 0.341. The Hall–Kier alpha value is -0.630. The fraction of sp³-hybridized carbons (Fsp3) is 0.885. The first-order valence-corrected chi connectivity index (χ1v) is 12.1. The van der Waals surface area contributed by atoms with Crippen molar-refractivity contribution in [2.45, 2.75) is 104 Å². The average molecular weight is 387 g/mol. The van der Waals surface area contributed by atoms with Gasteiger partial charge in [-0.3, -0.25) is 0 Å². The highest BCUT2D eigenvalue weighted by atomic mass is 16.3. The maximum absolute atomic E-state index is 10.7. The second-order valence-corrected chi connectivity index (χ2v) is 11.7. The zero-order valence-corrected chi connectivity index (χ0v) is 18.7. The van der Waals surface area contributed by atoms with Crippen LogP contribution < -0.4 is 0 Å². The summed E-state index contributed by atoms with van der Waals surface area (Å²) in [6.07, 6.45) is 16.5. The van der Waals surface area contributed by atoms with Crippen molar-refractivity contribution >= 4 is 6.29 Å². The Bertz CT molecular complexity index is 634. The molecule has 0 heterocycles. The summed E-state index contributed by atoms with van der Waals surface area (Å²) in [4.78, 5) is 10.7. The Morgan fingerprint density at radius 2 is 1.93 bits per heavy atom. The summed E-state index contributed by atoms with van der Waals surface area (Å²) < 4.78 is 0. The maximum Gasteiger partial charge on any atom is 0.119 e. The van der Waals surface area contributed by atoms with Gasteiger partial charge in [0.1, 0.15) is 6.29 Å². The minimum absolute atomic E-state index is 0.333. The number of hydrogen-bond acceptors (Lipinski definition) is 2. The topological polar surface area (TPSA) is 37.3 Å². The lowest BCUT2D eigenvalue weighted by Crippen LogP contribution is -2.52. The highest BCUT2D eigenvalue weighted by molar-refractivity contribution is 5.48. The molecule has 0 aromatic rings. The molecule has 0 spiro atoms. The molecule has 0 aromatic heterocycles. The molecule has 3 fully saturated rings. The van der Waals surface area contributed by atoms with Crippen molar-refractivity contribution in [2.24, 2.45) is 40.4 Å². The van der Waals surface area contributed by atoms with Gasteiger partial charge in [-0.05, 0) is 105 Å². The highest BCUT2D eigenvalue weighted by Crippen LogP contribution is 2.67. The smallest absolute Gasteiger partial charge is 0.119 e. The Labute approximate surface area is 172 Å². The van der Waals surface area contributed by atoms with Crippen LogP contribution in [0.2, 0.25) is 0 Å². The van der Waals surface area contributed by atoms with Crippen LogP contribution in [0.4, 0.5) is 0 Å². The molecule has 3 saturated carbocycles. The van der Waals surface area contributed by atoms with Gasteiger partial charge >= 0.3 is 0 Å². The summed E-state index contributed by atoms with van der Waals surface area (Å²) in [6, 6.07) is 0. The van der Waals surface area contributed by atoms with E-state index in [1.54, 1.807) is 5.57 Å². The van der Waals surface area contributed by atoms with Gasteiger partial charge in [-0.25, -0.2) is 0 Å².